The summed E-state index contributed by atoms with van der Waals surface area (Å²) < 4.78 is 3.55. The van der Waals surface area contributed by atoms with Gasteiger partial charge in [-0.25, -0.2) is 0 Å². The summed E-state index contributed by atoms with van der Waals surface area (Å²) in [6, 6.07) is 0. The second-order valence-electron chi connectivity index (χ2n) is 1.53. The van der Waals surface area contributed by atoms with E-state index in [1.165, 1.54) is 6.27 Å². The van der Waals surface area contributed by atoms with Crippen LogP contribution in [-0.4, -0.2) is 17.4 Å². The average molecular weight is 474 g/mol. The molecule has 1 aromatic heterocycles. The third-order valence-electron chi connectivity index (χ3n) is 0.898. The summed E-state index contributed by atoms with van der Waals surface area (Å²) in [5, 5.41) is 0. The topological polar surface area (TPSA) is 38.7 Å². The van der Waals surface area contributed by atoms with E-state index >= 15 is 0 Å². The van der Waals surface area contributed by atoms with Crippen LogP contribution in [0.1, 0.15) is 0 Å². The molecular formula is C4H3I3N3-. The Morgan fingerprint density at radius 1 is 1.60 bits per heavy atom. The number of hydrogen-bond donors (Lipinski definition) is 0. The van der Waals surface area contributed by atoms with Crippen LogP contribution in [0.2, 0.25) is 0 Å². The van der Waals surface area contributed by atoms with Crippen molar-refractivity contribution in [1.82, 2.24) is 15.0 Å². The Morgan fingerprint density at radius 2 is 2.40 bits per heavy atom. The first-order chi connectivity index (χ1) is 4.86. The molecule has 0 bridgehead atoms. The van der Waals surface area contributed by atoms with E-state index < -0.39 is 15.8 Å². The Kier molecular flexibility index (Phi) is 2.58. The molecule has 56 valence electrons. The van der Waals surface area contributed by atoms with Crippen LogP contribution in [0.15, 0.2) is 6.33 Å². The van der Waals surface area contributed by atoms with Crippen LogP contribution in [0.25, 0.3) is 0 Å². The molecule has 1 aliphatic heterocycles. The zero-order valence-corrected chi connectivity index (χ0v) is 11.2. The average Bonchev–Trinajstić information content (AvgIpc) is 2.68. The summed E-state index contributed by atoms with van der Waals surface area (Å²) in [6.45, 7) is 0. The first-order valence-electron chi connectivity index (χ1n) is 2.47. The van der Waals surface area contributed by atoms with Crippen LogP contribution in [-0.2, 0) is 0 Å². The number of nitrogens with zero attached hydrogens (tertiary/aromatic N) is 3. The fourth-order valence-electron chi connectivity index (χ4n) is 0.466. The standard InChI is InChI=1S/C4H3I3N3/c5-3-8-2-9-4(10-3)7-1-6-7/h2H,1H2/q-1. The van der Waals surface area contributed by atoms with Gasteiger partial charge in [0.2, 0.25) is 0 Å². The minimum atomic E-state index is -0.619. The molecule has 1 aromatic rings. The summed E-state index contributed by atoms with van der Waals surface area (Å²) in [6.07, 6.45) is 1.64. The molecule has 0 aliphatic carbocycles. The first-order valence-corrected chi connectivity index (χ1v) is 14.0. The van der Waals surface area contributed by atoms with Crippen molar-refractivity contribution in [3.8, 4) is 0 Å². The van der Waals surface area contributed by atoms with E-state index in [1.54, 1.807) is 6.33 Å². The van der Waals surface area contributed by atoms with Crippen molar-refractivity contribution in [1.29, 1.82) is 0 Å². The fourth-order valence-corrected chi connectivity index (χ4v) is 13.2. The molecular weight excluding hydrogens is 471 g/mol. The van der Waals surface area contributed by atoms with Gasteiger partial charge in [-0.05, 0) is 0 Å². The zero-order chi connectivity index (χ0) is 6.97. The molecule has 2 rings (SSSR count). The van der Waals surface area contributed by atoms with Crippen LogP contribution < -0.4 is 17.2 Å². The number of rotatable bonds is 1. The molecule has 0 aromatic carbocycles. The second kappa shape index (κ2) is 3.29. The zero-order valence-electron chi connectivity index (χ0n) is 4.76. The summed E-state index contributed by atoms with van der Waals surface area (Å²) in [5.41, 5.74) is 0. The molecule has 0 saturated carbocycles. The normalized spacial score (nSPS) is 19.9. The Balaban J connectivity index is 2.32. The quantitative estimate of drug-likeness (QED) is 0.354. The predicted molar refractivity (Wildman–Crippen MR) is 50.1 cm³/mol. The van der Waals surface area contributed by atoms with Crippen molar-refractivity contribution in [3.63, 3.8) is 0 Å². The van der Waals surface area contributed by atoms with Gasteiger partial charge in [-0.15, -0.1) is 0 Å². The van der Waals surface area contributed by atoms with Gasteiger partial charge in [-0.2, -0.15) is 0 Å². The SMILES string of the molecule is Ic1ncnc(I2C[I-]2)n1. The van der Waals surface area contributed by atoms with Gasteiger partial charge in [-0.3, -0.25) is 0 Å². The van der Waals surface area contributed by atoms with Gasteiger partial charge in [0, 0.05) is 0 Å². The van der Waals surface area contributed by atoms with Crippen LogP contribution in [0, 0.1) is 7.66 Å². The molecule has 0 N–H and O–H groups in total. The van der Waals surface area contributed by atoms with Gasteiger partial charge in [0.25, 0.3) is 0 Å². The maximum atomic E-state index is 4.30. The number of halogens is 3. The van der Waals surface area contributed by atoms with Gasteiger partial charge in [-0.1, -0.05) is 0 Å². The molecule has 1 fully saturated rings. The molecule has 10 heavy (non-hydrogen) atoms. The van der Waals surface area contributed by atoms with E-state index in [0.29, 0.717) is 17.2 Å². The van der Waals surface area contributed by atoms with Gasteiger partial charge in [0.05, 0.1) is 0 Å². The minimum absolute atomic E-state index is 0.583. The molecule has 0 spiro atoms. The van der Waals surface area contributed by atoms with Gasteiger partial charge in [0.15, 0.2) is 0 Å². The van der Waals surface area contributed by atoms with Crippen molar-refractivity contribution in [3.05, 3.63) is 14.0 Å². The molecule has 3 nitrogen and oxygen atoms in total. The Bertz CT molecular complexity index is 249. The Labute approximate surface area is 85.6 Å². The molecule has 0 radical (unpaired) electrons. The molecule has 0 unspecified atom stereocenters. The van der Waals surface area contributed by atoms with Gasteiger partial charge < -0.3 is 0 Å². The van der Waals surface area contributed by atoms with E-state index in [2.05, 4.69) is 37.5 Å². The van der Waals surface area contributed by atoms with Gasteiger partial charge in [0.1, 0.15) is 0 Å². The number of alkyl halides is 2. The molecule has 0 atom stereocenters. The molecule has 6 heteroatoms. The molecule has 2 heterocycles. The Morgan fingerprint density at radius 3 is 3.00 bits per heavy atom. The van der Waals surface area contributed by atoms with Crippen molar-refractivity contribution < 1.29 is 17.2 Å². The summed E-state index contributed by atoms with van der Waals surface area (Å²) in [7, 11) is 0. The van der Waals surface area contributed by atoms with Crippen molar-refractivity contribution in [2.24, 2.45) is 0 Å². The third-order valence-corrected chi connectivity index (χ3v) is 14.3. The summed E-state index contributed by atoms with van der Waals surface area (Å²) >= 11 is 2.11. The van der Waals surface area contributed by atoms with E-state index in [0.717, 1.165) is 3.83 Å². The molecule has 0 amide bonds. The summed E-state index contributed by atoms with van der Waals surface area (Å²) in [5.74, 6) is 0. The summed E-state index contributed by atoms with van der Waals surface area (Å²) in [4.78, 5) is 12.4. The molecule has 1 aliphatic rings. The number of hydrogen-bond acceptors (Lipinski definition) is 3. The van der Waals surface area contributed by atoms with Crippen LogP contribution in [0.4, 0.5) is 0 Å². The van der Waals surface area contributed by atoms with Crippen LogP contribution >= 0.6 is 38.4 Å². The van der Waals surface area contributed by atoms with Crippen molar-refractivity contribution in [2.75, 3.05) is 2.43 Å². The van der Waals surface area contributed by atoms with Crippen molar-refractivity contribution in [2.45, 2.75) is 0 Å². The van der Waals surface area contributed by atoms with Crippen LogP contribution in [0.3, 0.4) is 0 Å². The Hall–Kier alpha value is 1.20. The van der Waals surface area contributed by atoms with Crippen molar-refractivity contribution >= 4 is 38.4 Å². The predicted octanol–water partition coefficient (Wildman–Crippen LogP) is -1.87. The molecule has 1 saturated heterocycles. The van der Waals surface area contributed by atoms with E-state index in [4.69, 9.17) is 0 Å². The monoisotopic (exact) mass is 474 g/mol. The first kappa shape index (κ1) is 7.83. The van der Waals surface area contributed by atoms with E-state index in [1.807, 2.05) is 0 Å². The fraction of sp³-hybridized carbons (Fsp3) is 0.250. The van der Waals surface area contributed by atoms with Gasteiger partial charge >= 0.3 is 87.0 Å². The van der Waals surface area contributed by atoms with E-state index in [-0.39, 0.29) is 0 Å². The number of aromatic nitrogens is 3. The maximum absolute atomic E-state index is 4.30. The van der Waals surface area contributed by atoms with Crippen LogP contribution in [0.5, 0.6) is 0 Å². The second-order valence-corrected chi connectivity index (χ2v) is 20.7. The van der Waals surface area contributed by atoms with E-state index in [9.17, 15) is 0 Å². The third kappa shape index (κ3) is 1.87.